The first-order chi connectivity index (χ1) is 13.0. The van der Waals surface area contributed by atoms with E-state index in [2.05, 4.69) is 15.0 Å². The number of rotatable bonds is 4. The van der Waals surface area contributed by atoms with Gasteiger partial charge in [-0.25, -0.2) is 9.78 Å². The highest BCUT2D eigenvalue weighted by atomic mass is 16.6. The number of H-pyrrole nitrogens is 1. The van der Waals surface area contributed by atoms with E-state index in [0.717, 1.165) is 0 Å². The number of imidazole rings is 1. The van der Waals surface area contributed by atoms with Crippen molar-refractivity contribution in [3.8, 4) is 0 Å². The Kier molecular flexibility index (Phi) is 4.34. The lowest BCUT2D eigenvalue weighted by Crippen LogP contribution is -2.28. The third kappa shape index (κ3) is 3.27. The number of anilines is 1. The van der Waals surface area contributed by atoms with Gasteiger partial charge in [0.1, 0.15) is 18.9 Å². The molecule has 0 bridgehead atoms. The molecular formula is C17H17N5O5. The number of nitrogens with zero attached hydrogens (tertiary/aromatic N) is 3. The van der Waals surface area contributed by atoms with Crippen LogP contribution in [-0.2, 0) is 9.47 Å². The van der Waals surface area contributed by atoms with Crippen LogP contribution in [-0.4, -0.2) is 49.4 Å². The summed E-state index contributed by atoms with van der Waals surface area (Å²) in [6.45, 7) is -0.103. The molecule has 10 nitrogen and oxygen atoms in total. The van der Waals surface area contributed by atoms with Crippen molar-refractivity contribution in [2.75, 3.05) is 12.3 Å². The molecule has 2 aromatic heterocycles. The number of nitrogens with one attached hydrogen (secondary N) is 1. The molecule has 0 spiro atoms. The van der Waals surface area contributed by atoms with Crippen LogP contribution in [0.2, 0.25) is 0 Å². The SMILES string of the molecule is Nc1nc2c(ncn2[C@H]2C[C@H](O)[C@@H](COC(=O)c3ccccc3)O2)c(=O)[nH]1. The van der Waals surface area contributed by atoms with Crippen molar-refractivity contribution in [3.05, 3.63) is 52.6 Å². The highest BCUT2D eigenvalue weighted by Gasteiger charge is 2.36. The Morgan fingerprint density at radius 3 is 2.96 bits per heavy atom. The van der Waals surface area contributed by atoms with E-state index >= 15 is 0 Å². The van der Waals surface area contributed by atoms with Gasteiger partial charge < -0.3 is 20.3 Å². The number of esters is 1. The molecule has 0 radical (unpaired) electrons. The number of benzene rings is 1. The maximum atomic E-state index is 12.0. The molecule has 0 saturated carbocycles. The highest BCUT2D eigenvalue weighted by Crippen LogP contribution is 2.30. The molecule has 3 aromatic rings. The zero-order valence-electron chi connectivity index (χ0n) is 14.1. The molecule has 0 aliphatic carbocycles. The molecule has 1 aliphatic heterocycles. The van der Waals surface area contributed by atoms with E-state index in [0.29, 0.717) is 5.56 Å². The van der Waals surface area contributed by atoms with Gasteiger partial charge in [0.2, 0.25) is 5.95 Å². The van der Waals surface area contributed by atoms with Crippen LogP contribution in [0.3, 0.4) is 0 Å². The average molecular weight is 371 g/mol. The van der Waals surface area contributed by atoms with Crippen LogP contribution in [0.15, 0.2) is 41.5 Å². The summed E-state index contributed by atoms with van der Waals surface area (Å²) >= 11 is 0. The first-order valence-electron chi connectivity index (χ1n) is 8.31. The van der Waals surface area contributed by atoms with E-state index in [1.165, 1.54) is 10.9 Å². The largest absolute Gasteiger partial charge is 0.459 e. The van der Waals surface area contributed by atoms with Gasteiger partial charge in [0, 0.05) is 6.42 Å². The molecular weight excluding hydrogens is 354 g/mol. The third-order valence-corrected chi connectivity index (χ3v) is 4.35. The summed E-state index contributed by atoms with van der Waals surface area (Å²) in [6, 6.07) is 8.55. The van der Waals surface area contributed by atoms with Gasteiger partial charge >= 0.3 is 5.97 Å². The first-order valence-corrected chi connectivity index (χ1v) is 8.31. The van der Waals surface area contributed by atoms with E-state index in [-0.39, 0.29) is 30.1 Å². The fourth-order valence-corrected chi connectivity index (χ4v) is 3.01. The van der Waals surface area contributed by atoms with Crippen LogP contribution >= 0.6 is 0 Å². The quantitative estimate of drug-likeness (QED) is 0.552. The second-order valence-electron chi connectivity index (χ2n) is 6.17. The molecule has 4 N–H and O–H groups in total. The summed E-state index contributed by atoms with van der Waals surface area (Å²) in [7, 11) is 0. The number of aromatic amines is 1. The van der Waals surface area contributed by atoms with Gasteiger partial charge in [-0.2, -0.15) is 4.98 Å². The molecule has 1 aliphatic rings. The van der Waals surface area contributed by atoms with Gasteiger partial charge in [0.05, 0.1) is 18.0 Å². The summed E-state index contributed by atoms with van der Waals surface area (Å²) < 4.78 is 12.6. The second-order valence-corrected chi connectivity index (χ2v) is 6.17. The molecule has 1 aromatic carbocycles. The van der Waals surface area contributed by atoms with Crippen molar-refractivity contribution in [1.82, 2.24) is 19.5 Å². The Balaban J connectivity index is 1.47. The van der Waals surface area contributed by atoms with E-state index in [1.807, 2.05) is 0 Å². The lowest BCUT2D eigenvalue weighted by Gasteiger charge is -2.16. The van der Waals surface area contributed by atoms with Gasteiger partial charge in [-0.1, -0.05) is 18.2 Å². The van der Waals surface area contributed by atoms with Crippen LogP contribution < -0.4 is 11.3 Å². The average Bonchev–Trinajstić information content (AvgIpc) is 3.24. The number of hydrogen-bond donors (Lipinski definition) is 3. The Bertz CT molecular complexity index is 1030. The number of aliphatic hydroxyl groups is 1. The fourth-order valence-electron chi connectivity index (χ4n) is 3.01. The van der Waals surface area contributed by atoms with Crippen molar-refractivity contribution in [1.29, 1.82) is 0 Å². The number of aromatic nitrogens is 4. The van der Waals surface area contributed by atoms with Crippen LogP contribution in [0.25, 0.3) is 11.2 Å². The number of nitrogen functional groups attached to an aromatic ring is 1. The lowest BCUT2D eigenvalue weighted by molar-refractivity contribution is -0.0509. The maximum Gasteiger partial charge on any atom is 0.338 e. The summed E-state index contributed by atoms with van der Waals surface area (Å²) in [5.41, 5.74) is 5.93. The Labute approximate surface area is 152 Å². The smallest absolute Gasteiger partial charge is 0.338 e. The van der Waals surface area contributed by atoms with Gasteiger partial charge in [-0.3, -0.25) is 14.3 Å². The Morgan fingerprint density at radius 1 is 1.41 bits per heavy atom. The predicted octanol–water partition coefficient (Wildman–Crippen LogP) is 0.207. The summed E-state index contributed by atoms with van der Waals surface area (Å²) in [5, 5.41) is 10.3. The number of hydrogen-bond acceptors (Lipinski definition) is 8. The number of carbonyl (C=O) groups excluding carboxylic acids is 1. The standard InChI is InChI=1S/C17H17N5O5/c18-17-20-14-13(15(24)21-17)19-8-22(14)12-6-10(23)11(27-12)7-26-16(25)9-4-2-1-3-5-9/h1-5,8,10-12,23H,6-7H2,(H3,18,20,21,24)/t10-,11+,12+/m0/s1. The van der Waals surface area contributed by atoms with Crippen molar-refractivity contribution in [2.24, 2.45) is 0 Å². The number of ether oxygens (including phenoxy) is 2. The number of carbonyl (C=O) groups is 1. The molecule has 4 rings (SSSR count). The summed E-state index contributed by atoms with van der Waals surface area (Å²) in [4.78, 5) is 34.4. The molecule has 1 fully saturated rings. The van der Waals surface area contributed by atoms with Crippen molar-refractivity contribution in [3.63, 3.8) is 0 Å². The molecule has 3 atom stereocenters. The van der Waals surface area contributed by atoms with Crippen LogP contribution in [0.4, 0.5) is 5.95 Å². The number of aliphatic hydroxyl groups excluding tert-OH is 1. The van der Waals surface area contributed by atoms with Gasteiger partial charge in [-0.05, 0) is 12.1 Å². The monoisotopic (exact) mass is 371 g/mol. The van der Waals surface area contributed by atoms with Crippen molar-refractivity contribution in [2.45, 2.75) is 24.9 Å². The second kappa shape index (κ2) is 6.82. The van der Waals surface area contributed by atoms with Gasteiger partial charge in [0.15, 0.2) is 11.2 Å². The molecule has 0 unspecified atom stereocenters. The normalized spacial score (nSPS) is 22.2. The minimum Gasteiger partial charge on any atom is -0.459 e. The van der Waals surface area contributed by atoms with Gasteiger partial charge in [-0.15, -0.1) is 0 Å². The molecule has 27 heavy (non-hydrogen) atoms. The first kappa shape index (κ1) is 17.2. The summed E-state index contributed by atoms with van der Waals surface area (Å²) in [5.74, 6) is -0.537. The van der Waals surface area contributed by atoms with E-state index in [9.17, 15) is 14.7 Å². The minimum absolute atomic E-state index is 0.0406. The summed E-state index contributed by atoms with van der Waals surface area (Å²) in [6.07, 6.45) is -0.538. The fraction of sp³-hybridized carbons (Fsp3) is 0.294. The van der Waals surface area contributed by atoms with Crippen molar-refractivity contribution < 1.29 is 19.4 Å². The van der Waals surface area contributed by atoms with Crippen molar-refractivity contribution >= 4 is 23.1 Å². The molecule has 1 saturated heterocycles. The Hall–Kier alpha value is -3.24. The number of fused-ring (bicyclic) bond motifs is 1. The molecule has 140 valence electrons. The Morgan fingerprint density at radius 2 is 2.19 bits per heavy atom. The van der Waals surface area contributed by atoms with Crippen LogP contribution in [0.1, 0.15) is 23.0 Å². The van der Waals surface area contributed by atoms with Crippen LogP contribution in [0, 0.1) is 0 Å². The zero-order chi connectivity index (χ0) is 19.0. The number of nitrogens with two attached hydrogens (primary N) is 1. The van der Waals surface area contributed by atoms with Crippen LogP contribution in [0.5, 0.6) is 0 Å². The molecule has 0 amide bonds. The lowest BCUT2D eigenvalue weighted by atomic mass is 10.2. The minimum atomic E-state index is -0.852. The predicted molar refractivity (Wildman–Crippen MR) is 93.8 cm³/mol. The molecule has 3 heterocycles. The zero-order valence-corrected chi connectivity index (χ0v) is 14.1. The van der Waals surface area contributed by atoms with Gasteiger partial charge in [0.25, 0.3) is 5.56 Å². The third-order valence-electron chi connectivity index (χ3n) is 4.35. The van der Waals surface area contributed by atoms with E-state index in [4.69, 9.17) is 15.2 Å². The van der Waals surface area contributed by atoms with E-state index < -0.39 is 30.0 Å². The maximum absolute atomic E-state index is 12.0. The van der Waals surface area contributed by atoms with E-state index in [1.54, 1.807) is 30.3 Å². The topological polar surface area (TPSA) is 145 Å². The highest BCUT2D eigenvalue weighted by molar-refractivity contribution is 5.89. The molecule has 10 heteroatoms.